The second-order valence-electron chi connectivity index (χ2n) is 4.43. The predicted molar refractivity (Wildman–Crippen MR) is 72.3 cm³/mol. The molecule has 1 amide bonds. The Morgan fingerprint density at radius 3 is 2.95 bits per heavy atom. The molecule has 1 N–H and O–H groups in total. The van der Waals surface area contributed by atoms with Gasteiger partial charge in [-0.3, -0.25) is 9.69 Å². The lowest BCUT2D eigenvalue weighted by Crippen LogP contribution is -2.36. The third-order valence-electron chi connectivity index (χ3n) is 2.67. The van der Waals surface area contributed by atoms with Crippen LogP contribution in [0.5, 0.6) is 0 Å². The summed E-state index contributed by atoms with van der Waals surface area (Å²) < 4.78 is 18.0. The second-order valence-corrected chi connectivity index (χ2v) is 4.43. The molecule has 1 aromatic carbocycles. The smallest absolute Gasteiger partial charge is 0.234 e. The zero-order valence-electron chi connectivity index (χ0n) is 11.6. The van der Waals surface area contributed by atoms with E-state index < -0.39 is 5.82 Å². The minimum absolute atomic E-state index is 0.139. The van der Waals surface area contributed by atoms with Crippen molar-refractivity contribution in [2.75, 3.05) is 33.9 Å². The standard InChI is InChI=1S/C14H18FN3O2/c1-18(10-14(19)17-5-6-20-2)9-12-7-13(15)4-3-11(12)8-16/h3-4,7H,5-6,9-10H2,1-2H3,(H,17,19). The number of nitrogens with one attached hydrogen (secondary N) is 1. The van der Waals surface area contributed by atoms with Crippen LogP contribution in [0.15, 0.2) is 18.2 Å². The highest BCUT2D eigenvalue weighted by Crippen LogP contribution is 2.12. The van der Waals surface area contributed by atoms with Crippen molar-refractivity contribution in [2.45, 2.75) is 6.54 Å². The van der Waals surface area contributed by atoms with Crippen molar-refractivity contribution in [1.82, 2.24) is 10.2 Å². The SMILES string of the molecule is COCCNC(=O)CN(C)Cc1cc(F)ccc1C#N. The Hall–Kier alpha value is -1.97. The fourth-order valence-electron chi connectivity index (χ4n) is 1.74. The van der Waals surface area contributed by atoms with Gasteiger partial charge in [0, 0.05) is 20.2 Å². The maximum atomic E-state index is 13.2. The van der Waals surface area contributed by atoms with Crippen molar-refractivity contribution in [3.63, 3.8) is 0 Å². The molecule has 0 saturated carbocycles. The van der Waals surface area contributed by atoms with Gasteiger partial charge < -0.3 is 10.1 Å². The number of nitriles is 1. The van der Waals surface area contributed by atoms with Gasteiger partial charge in [0.2, 0.25) is 5.91 Å². The topological polar surface area (TPSA) is 65.4 Å². The van der Waals surface area contributed by atoms with E-state index in [1.54, 1.807) is 19.1 Å². The van der Waals surface area contributed by atoms with Crippen LogP contribution < -0.4 is 5.32 Å². The third-order valence-corrected chi connectivity index (χ3v) is 2.67. The van der Waals surface area contributed by atoms with E-state index in [1.807, 2.05) is 6.07 Å². The molecule has 0 spiro atoms. The fourth-order valence-corrected chi connectivity index (χ4v) is 1.74. The molecule has 5 nitrogen and oxygen atoms in total. The highest BCUT2D eigenvalue weighted by Gasteiger charge is 2.10. The van der Waals surface area contributed by atoms with E-state index in [2.05, 4.69) is 5.32 Å². The number of rotatable bonds is 7. The molecule has 0 atom stereocenters. The molecule has 20 heavy (non-hydrogen) atoms. The predicted octanol–water partition coefficient (Wildman–Crippen LogP) is 0.892. The lowest BCUT2D eigenvalue weighted by Gasteiger charge is -2.17. The van der Waals surface area contributed by atoms with Crippen LogP contribution >= 0.6 is 0 Å². The van der Waals surface area contributed by atoms with E-state index >= 15 is 0 Å². The number of carbonyl (C=O) groups excluding carboxylic acids is 1. The molecule has 0 fully saturated rings. The molecule has 1 rings (SSSR count). The zero-order valence-corrected chi connectivity index (χ0v) is 11.6. The molecule has 108 valence electrons. The molecule has 0 radical (unpaired) electrons. The molecule has 0 unspecified atom stereocenters. The van der Waals surface area contributed by atoms with E-state index in [0.29, 0.717) is 30.8 Å². The van der Waals surface area contributed by atoms with Crippen molar-refractivity contribution in [2.24, 2.45) is 0 Å². The van der Waals surface area contributed by atoms with E-state index in [9.17, 15) is 9.18 Å². The van der Waals surface area contributed by atoms with Crippen LogP contribution in [0, 0.1) is 17.1 Å². The Morgan fingerprint density at radius 1 is 1.55 bits per heavy atom. The Morgan fingerprint density at radius 2 is 2.30 bits per heavy atom. The Bertz CT molecular complexity index is 500. The zero-order chi connectivity index (χ0) is 15.0. The molecule has 0 saturated heterocycles. The summed E-state index contributed by atoms with van der Waals surface area (Å²) in [6.07, 6.45) is 0. The second kappa shape index (κ2) is 8.25. The molecule has 0 aliphatic carbocycles. The minimum Gasteiger partial charge on any atom is -0.383 e. The van der Waals surface area contributed by atoms with Crippen molar-refractivity contribution in [1.29, 1.82) is 5.26 Å². The van der Waals surface area contributed by atoms with E-state index in [-0.39, 0.29) is 12.5 Å². The number of nitrogens with zero attached hydrogens (tertiary/aromatic N) is 2. The summed E-state index contributed by atoms with van der Waals surface area (Å²) in [6.45, 7) is 1.41. The molecule has 0 bridgehead atoms. The van der Waals surface area contributed by atoms with Gasteiger partial charge in [-0.05, 0) is 30.8 Å². The summed E-state index contributed by atoms with van der Waals surface area (Å²) in [5.74, 6) is -0.531. The minimum atomic E-state index is -0.392. The summed E-state index contributed by atoms with van der Waals surface area (Å²) in [6, 6.07) is 6.02. The number of ether oxygens (including phenoxy) is 1. The molecule has 0 aliphatic heterocycles. The maximum Gasteiger partial charge on any atom is 0.234 e. The first kappa shape index (κ1) is 16.1. The van der Waals surface area contributed by atoms with Crippen LogP contribution in [-0.4, -0.2) is 44.7 Å². The Kier molecular flexibility index (Phi) is 6.64. The quantitative estimate of drug-likeness (QED) is 0.753. The third kappa shape index (κ3) is 5.34. The molecular weight excluding hydrogens is 261 g/mol. The number of amides is 1. The summed E-state index contributed by atoms with van der Waals surface area (Å²) in [4.78, 5) is 13.3. The fraction of sp³-hybridized carbons (Fsp3) is 0.429. The number of methoxy groups -OCH3 is 1. The Balaban J connectivity index is 2.54. The van der Waals surface area contributed by atoms with Crippen LogP contribution in [0.4, 0.5) is 4.39 Å². The number of hydrogen-bond donors (Lipinski definition) is 1. The number of benzene rings is 1. The van der Waals surface area contributed by atoms with Crippen LogP contribution in [0.25, 0.3) is 0 Å². The average Bonchev–Trinajstić information content (AvgIpc) is 2.39. The molecule has 0 aromatic heterocycles. The van der Waals surface area contributed by atoms with Gasteiger partial charge in [0.15, 0.2) is 0 Å². The van der Waals surface area contributed by atoms with Crippen LogP contribution in [0.3, 0.4) is 0 Å². The maximum absolute atomic E-state index is 13.2. The lowest BCUT2D eigenvalue weighted by molar-refractivity contribution is -0.122. The highest BCUT2D eigenvalue weighted by molar-refractivity contribution is 5.77. The van der Waals surface area contributed by atoms with Crippen LogP contribution in [0.1, 0.15) is 11.1 Å². The normalized spacial score (nSPS) is 10.3. The molecule has 0 heterocycles. The molecule has 6 heteroatoms. The van der Waals surface area contributed by atoms with Gasteiger partial charge in [-0.15, -0.1) is 0 Å². The first-order valence-electron chi connectivity index (χ1n) is 6.19. The summed E-state index contributed by atoms with van der Waals surface area (Å²) in [5, 5.41) is 11.7. The van der Waals surface area contributed by atoms with Gasteiger partial charge in [-0.25, -0.2) is 4.39 Å². The van der Waals surface area contributed by atoms with Gasteiger partial charge in [0.25, 0.3) is 0 Å². The first-order chi connectivity index (χ1) is 9.56. The van der Waals surface area contributed by atoms with Gasteiger partial charge in [-0.1, -0.05) is 0 Å². The number of hydrogen-bond acceptors (Lipinski definition) is 4. The average molecular weight is 279 g/mol. The largest absolute Gasteiger partial charge is 0.383 e. The molecule has 0 aliphatic rings. The monoisotopic (exact) mass is 279 g/mol. The van der Waals surface area contributed by atoms with E-state index in [4.69, 9.17) is 10.00 Å². The number of likely N-dealkylation sites (N-methyl/N-ethyl adjacent to an activating group) is 1. The van der Waals surface area contributed by atoms with Crippen LogP contribution in [-0.2, 0) is 16.1 Å². The van der Waals surface area contributed by atoms with E-state index in [1.165, 1.54) is 18.2 Å². The number of carbonyl (C=O) groups is 1. The lowest BCUT2D eigenvalue weighted by atomic mass is 10.1. The molecular formula is C14H18FN3O2. The van der Waals surface area contributed by atoms with Gasteiger partial charge in [0.1, 0.15) is 5.82 Å². The first-order valence-corrected chi connectivity index (χ1v) is 6.19. The summed E-state index contributed by atoms with van der Waals surface area (Å²) in [5.41, 5.74) is 0.984. The van der Waals surface area contributed by atoms with Gasteiger partial charge in [0.05, 0.1) is 24.8 Å². The Labute approximate surface area is 117 Å². The van der Waals surface area contributed by atoms with Crippen molar-refractivity contribution >= 4 is 5.91 Å². The number of halogens is 1. The van der Waals surface area contributed by atoms with Crippen molar-refractivity contribution in [3.8, 4) is 6.07 Å². The summed E-state index contributed by atoms with van der Waals surface area (Å²) in [7, 11) is 3.30. The van der Waals surface area contributed by atoms with E-state index in [0.717, 1.165) is 0 Å². The van der Waals surface area contributed by atoms with Gasteiger partial charge in [-0.2, -0.15) is 5.26 Å². The van der Waals surface area contributed by atoms with Crippen molar-refractivity contribution in [3.05, 3.63) is 35.1 Å². The summed E-state index contributed by atoms with van der Waals surface area (Å²) >= 11 is 0. The highest BCUT2D eigenvalue weighted by atomic mass is 19.1. The van der Waals surface area contributed by atoms with Crippen molar-refractivity contribution < 1.29 is 13.9 Å². The van der Waals surface area contributed by atoms with Crippen LogP contribution in [0.2, 0.25) is 0 Å². The molecule has 1 aromatic rings. The van der Waals surface area contributed by atoms with Gasteiger partial charge >= 0.3 is 0 Å².